The molecule has 1 aromatic carbocycles. The third-order valence-corrected chi connectivity index (χ3v) is 2.14. The number of carbonyl (C=O) groups excluding carboxylic acids is 1. The molecule has 0 aromatic heterocycles. The number of isocyanates is 1. The van der Waals surface area contributed by atoms with Crippen molar-refractivity contribution in [2.24, 2.45) is 4.99 Å². The predicted octanol–water partition coefficient (Wildman–Crippen LogP) is 2.52. The zero-order valence-electron chi connectivity index (χ0n) is 7.73. The normalized spacial score (nSPS) is 11.8. The van der Waals surface area contributed by atoms with Crippen LogP contribution in [0.5, 0.6) is 0 Å². The Morgan fingerprint density at radius 1 is 1.38 bits per heavy atom. The third kappa shape index (κ3) is 2.85. The quantitative estimate of drug-likeness (QED) is 0.510. The summed E-state index contributed by atoms with van der Waals surface area (Å²) in [5, 5.41) is 0. The van der Waals surface area contributed by atoms with Gasteiger partial charge < -0.3 is 0 Å². The van der Waals surface area contributed by atoms with E-state index in [9.17, 15) is 4.79 Å². The number of aliphatic imine (C=N–C) groups is 1. The highest BCUT2D eigenvalue weighted by Gasteiger charge is 2.06. The van der Waals surface area contributed by atoms with Crippen LogP contribution in [0.1, 0.15) is 24.8 Å². The molecule has 0 saturated carbocycles. The first-order valence-corrected chi connectivity index (χ1v) is 4.47. The molecule has 1 atom stereocenters. The van der Waals surface area contributed by atoms with Gasteiger partial charge in [-0.1, -0.05) is 37.3 Å². The van der Waals surface area contributed by atoms with Crippen molar-refractivity contribution in [3.8, 4) is 0 Å². The van der Waals surface area contributed by atoms with E-state index in [1.807, 2.05) is 18.2 Å². The molecule has 1 unspecified atom stereocenters. The van der Waals surface area contributed by atoms with Crippen LogP contribution in [0.15, 0.2) is 35.3 Å². The smallest absolute Gasteiger partial charge is 0.211 e. The van der Waals surface area contributed by atoms with Crippen molar-refractivity contribution < 1.29 is 4.79 Å². The van der Waals surface area contributed by atoms with E-state index >= 15 is 0 Å². The minimum absolute atomic E-state index is 0.350. The summed E-state index contributed by atoms with van der Waals surface area (Å²) in [5.41, 5.74) is 1.24. The van der Waals surface area contributed by atoms with Gasteiger partial charge in [-0.25, -0.2) is 9.79 Å². The first-order chi connectivity index (χ1) is 6.38. The SMILES string of the molecule is CCC(CN=C=O)c1ccccc1. The Morgan fingerprint density at radius 2 is 2.08 bits per heavy atom. The molecule has 0 spiro atoms. The van der Waals surface area contributed by atoms with Crippen molar-refractivity contribution in [3.05, 3.63) is 35.9 Å². The van der Waals surface area contributed by atoms with Crippen LogP contribution < -0.4 is 0 Å². The second kappa shape index (κ2) is 5.28. The van der Waals surface area contributed by atoms with Gasteiger partial charge in [-0.15, -0.1) is 0 Å². The van der Waals surface area contributed by atoms with E-state index in [0.717, 1.165) is 6.42 Å². The molecular formula is C11H13NO. The van der Waals surface area contributed by atoms with Gasteiger partial charge in [0.1, 0.15) is 0 Å². The second-order valence-electron chi connectivity index (χ2n) is 2.95. The average molecular weight is 175 g/mol. The largest absolute Gasteiger partial charge is 0.234 e. The monoisotopic (exact) mass is 175 g/mol. The molecule has 2 nitrogen and oxygen atoms in total. The minimum atomic E-state index is 0.350. The van der Waals surface area contributed by atoms with E-state index in [0.29, 0.717) is 12.5 Å². The molecule has 0 bridgehead atoms. The molecule has 0 N–H and O–H groups in total. The van der Waals surface area contributed by atoms with Crippen molar-refractivity contribution in [2.45, 2.75) is 19.3 Å². The highest BCUT2D eigenvalue weighted by atomic mass is 16.1. The Balaban J connectivity index is 2.72. The number of hydrogen-bond donors (Lipinski definition) is 0. The van der Waals surface area contributed by atoms with Crippen molar-refractivity contribution >= 4 is 6.08 Å². The maximum Gasteiger partial charge on any atom is 0.234 e. The first kappa shape index (κ1) is 9.69. The van der Waals surface area contributed by atoms with Crippen molar-refractivity contribution in [2.75, 3.05) is 6.54 Å². The molecule has 0 amide bonds. The molecular weight excluding hydrogens is 162 g/mol. The summed E-state index contributed by atoms with van der Waals surface area (Å²) in [4.78, 5) is 13.6. The van der Waals surface area contributed by atoms with Crippen LogP contribution in [0.25, 0.3) is 0 Å². The van der Waals surface area contributed by atoms with E-state index in [-0.39, 0.29) is 0 Å². The maximum atomic E-state index is 9.96. The number of hydrogen-bond acceptors (Lipinski definition) is 2. The van der Waals surface area contributed by atoms with Crippen LogP contribution in [-0.4, -0.2) is 12.6 Å². The maximum absolute atomic E-state index is 9.96. The molecule has 68 valence electrons. The highest BCUT2D eigenvalue weighted by Crippen LogP contribution is 2.18. The van der Waals surface area contributed by atoms with Gasteiger partial charge in [0.25, 0.3) is 0 Å². The van der Waals surface area contributed by atoms with E-state index in [2.05, 4.69) is 24.0 Å². The summed E-state index contributed by atoms with van der Waals surface area (Å²) in [6.45, 7) is 2.64. The standard InChI is InChI=1S/C11H13NO/c1-2-10(8-12-9-13)11-6-4-3-5-7-11/h3-7,10H,2,8H2,1H3. The van der Waals surface area contributed by atoms with Crippen LogP contribution in [-0.2, 0) is 4.79 Å². The Hall–Kier alpha value is -1.40. The number of nitrogens with zero attached hydrogens (tertiary/aromatic N) is 1. The fourth-order valence-corrected chi connectivity index (χ4v) is 1.34. The van der Waals surface area contributed by atoms with Gasteiger partial charge in [0.2, 0.25) is 6.08 Å². The highest BCUT2D eigenvalue weighted by molar-refractivity contribution is 5.33. The van der Waals surface area contributed by atoms with Crippen molar-refractivity contribution in [1.29, 1.82) is 0 Å². The summed E-state index contributed by atoms with van der Waals surface area (Å²) < 4.78 is 0. The van der Waals surface area contributed by atoms with Crippen LogP contribution >= 0.6 is 0 Å². The summed E-state index contributed by atoms with van der Waals surface area (Å²) in [6.07, 6.45) is 2.57. The second-order valence-corrected chi connectivity index (χ2v) is 2.95. The Morgan fingerprint density at radius 3 is 2.62 bits per heavy atom. The lowest BCUT2D eigenvalue weighted by Gasteiger charge is -2.10. The molecule has 1 aromatic rings. The molecule has 2 heteroatoms. The Labute approximate surface area is 78.3 Å². The Kier molecular flexibility index (Phi) is 3.94. The summed E-state index contributed by atoms with van der Waals surface area (Å²) in [5.74, 6) is 0.350. The lowest BCUT2D eigenvalue weighted by Crippen LogP contribution is -2.00. The van der Waals surface area contributed by atoms with E-state index in [4.69, 9.17) is 0 Å². The van der Waals surface area contributed by atoms with Crippen molar-refractivity contribution in [1.82, 2.24) is 0 Å². The van der Waals surface area contributed by atoms with Crippen LogP contribution in [0.2, 0.25) is 0 Å². The lowest BCUT2D eigenvalue weighted by atomic mass is 9.97. The molecule has 0 heterocycles. The fraction of sp³-hybridized carbons (Fsp3) is 0.364. The number of benzene rings is 1. The first-order valence-electron chi connectivity index (χ1n) is 4.47. The molecule has 13 heavy (non-hydrogen) atoms. The van der Waals surface area contributed by atoms with Gasteiger partial charge in [-0.2, -0.15) is 0 Å². The van der Waals surface area contributed by atoms with Gasteiger partial charge in [0, 0.05) is 5.92 Å². The Bertz CT molecular complexity index is 288. The fourth-order valence-electron chi connectivity index (χ4n) is 1.34. The molecule has 0 aliphatic carbocycles. The lowest BCUT2D eigenvalue weighted by molar-refractivity contribution is 0.559. The van der Waals surface area contributed by atoms with Gasteiger partial charge in [-0.3, -0.25) is 0 Å². The van der Waals surface area contributed by atoms with Gasteiger partial charge in [-0.05, 0) is 12.0 Å². The van der Waals surface area contributed by atoms with E-state index in [1.54, 1.807) is 6.08 Å². The summed E-state index contributed by atoms with van der Waals surface area (Å²) in [7, 11) is 0. The average Bonchev–Trinajstić information content (AvgIpc) is 2.21. The zero-order chi connectivity index (χ0) is 9.52. The van der Waals surface area contributed by atoms with Crippen LogP contribution in [0, 0.1) is 0 Å². The molecule has 0 radical (unpaired) electrons. The molecule has 0 aliphatic heterocycles. The van der Waals surface area contributed by atoms with Crippen molar-refractivity contribution in [3.63, 3.8) is 0 Å². The van der Waals surface area contributed by atoms with Gasteiger partial charge in [0.15, 0.2) is 0 Å². The van der Waals surface area contributed by atoms with E-state index < -0.39 is 0 Å². The van der Waals surface area contributed by atoms with Crippen LogP contribution in [0.3, 0.4) is 0 Å². The molecule has 1 rings (SSSR count). The molecule has 0 aliphatic rings. The molecule has 0 saturated heterocycles. The predicted molar refractivity (Wildman–Crippen MR) is 52.5 cm³/mol. The van der Waals surface area contributed by atoms with E-state index in [1.165, 1.54) is 5.56 Å². The molecule has 0 fully saturated rings. The summed E-state index contributed by atoms with van der Waals surface area (Å²) in [6, 6.07) is 10.1. The zero-order valence-corrected chi connectivity index (χ0v) is 7.73. The minimum Gasteiger partial charge on any atom is -0.211 e. The topological polar surface area (TPSA) is 29.4 Å². The van der Waals surface area contributed by atoms with Gasteiger partial charge >= 0.3 is 0 Å². The third-order valence-electron chi connectivity index (χ3n) is 2.14. The summed E-state index contributed by atoms with van der Waals surface area (Å²) >= 11 is 0. The van der Waals surface area contributed by atoms with Gasteiger partial charge in [0.05, 0.1) is 6.54 Å². The number of rotatable bonds is 4. The van der Waals surface area contributed by atoms with Crippen LogP contribution in [0.4, 0.5) is 0 Å².